The van der Waals surface area contributed by atoms with Crippen molar-refractivity contribution in [2.75, 3.05) is 13.7 Å². The number of rotatable bonds is 6. The van der Waals surface area contributed by atoms with E-state index in [1.54, 1.807) is 37.5 Å². The summed E-state index contributed by atoms with van der Waals surface area (Å²) >= 11 is 6.90. The van der Waals surface area contributed by atoms with Crippen LogP contribution in [0.4, 0.5) is 0 Å². The number of carbonyl (C=O) groups is 2. The molecule has 0 saturated carbocycles. The molecule has 6 heteroatoms. The van der Waals surface area contributed by atoms with Gasteiger partial charge in [0.1, 0.15) is 5.75 Å². The van der Waals surface area contributed by atoms with E-state index in [1.807, 2.05) is 12.1 Å². The van der Waals surface area contributed by atoms with Gasteiger partial charge in [0.05, 0.1) is 16.3 Å². The Balaban J connectivity index is 1.90. The molecule has 0 atom stereocenters. The molecule has 0 fully saturated rings. The average Bonchev–Trinajstić information content (AvgIpc) is 2.97. The van der Waals surface area contributed by atoms with E-state index in [0.717, 1.165) is 16.9 Å². The number of halogens is 1. The van der Waals surface area contributed by atoms with Crippen LogP contribution in [0, 0.1) is 0 Å². The number of benzene rings is 1. The van der Waals surface area contributed by atoms with Crippen molar-refractivity contribution in [3.63, 3.8) is 0 Å². The molecular formula is C16H13ClO4S. The summed E-state index contributed by atoms with van der Waals surface area (Å²) in [5, 5.41) is 0. The van der Waals surface area contributed by atoms with E-state index < -0.39 is 5.97 Å². The summed E-state index contributed by atoms with van der Waals surface area (Å²) in [6.07, 6.45) is 2.83. The zero-order valence-electron chi connectivity index (χ0n) is 11.7. The number of esters is 1. The highest BCUT2D eigenvalue weighted by atomic mass is 35.5. The lowest BCUT2D eigenvalue weighted by molar-refractivity contribution is -0.136. The highest BCUT2D eigenvalue weighted by molar-refractivity contribution is 7.18. The van der Waals surface area contributed by atoms with Crippen LogP contribution in [0.5, 0.6) is 5.75 Å². The van der Waals surface area contributed by atoms with E-state index in [4.69, 9.17) is 21.1 Å². The normalized spacial score (nSPS) is 10.6. The van der Waals surface area contributed by atoms with Gasteiger partial charge in [-0.2, -0.15) is 0 Å². The van der Waals surface area contributed by atoms with Crippen LogP contribution >= 0.6 is 22.9 Å². The molecule has 0 bridgehead atoms. The summed E-state index contributed by atoms with van der Waals surface area (Å²) in [4.78, 5) is 23.9. The molecule has 114 valence electrons. The molecule has 0 aliphatic rings. The molecule has 0 radical (unpaired) electrons. The Kier molecular flexibility index (Phi) is 5.75. The first-order valence-electron chi connectivity index (χ1n) is 6.36. The van der Waals surface area contributed by atoms with Gasteiger partial charge < -0.3 is 9.47 Å². The van der Waals surface area contributed by atoms with Crippen LogP contribution < -0.4 is 4.74 Å². The fourth-order valence-electron chi connectivity index (χ4n) is 1.68. The third-order valence-corrected chi connectivity index (χ3v) is 4.00. The maximum absolute atomic E-state index is 11.8. The fourth-order valence-corrected chi connectivity index (χ4v) is 2.65. The molecule has 0 N–H and O–H groups in total. The van der Waals surface area contributed by atoms with E-state index in [9.17, 15) is 9.59 Å². The molecule has 0 amide bonds. The van der Waals surface area contributed by atoms with Gasteiger partial charge in [0.15, 0.2) is 6.61 Å². The number of thiophene rings is 1. The summed E-state index contributed by atoms with van der Waals surface area (Å²) < 4.78 is 10.6. The van der Waals surface area contributed by atoms with Gasteiger partial charge in [0.2, 0.25) is 5.78 Å². The number of ketones is 1. The Hall–Kier alpha value is -2.11. The summed E-state index contributed by atoms with van der Waals surface area (Å²) in [6.45, 7) is -0.314. The summed E-state index contributed by atoms with van der Waals surface area (Å²) in [5.74, 6) is -0.228. The SMILES string of the molecule is COc1ccccc1/C=C/C(=O)OCC(=O)c1ccc(Cl)s1. The molecule has 0 unspecified atom stereocenters. The summed E-state index contributed by atoms with van der Waals surface area (Å²) in [5.41, 5.74) is 0.748. The first kappa shape index (κ1) is 16.3. The van der Waals surface area contributed by atoms with Crippen LogP contribution in [0.1, 0.15) is 15.2 Å². The standard InChI is InChI=1S/C16H13ClO4S/c1-20-13-5-3-2-4-11(13)6-9-16(19)21-10-12(18)14-7-8-15(17)22-14/h2-9H,10H2,1H3/b9-6+. The van der Waals surface area contributed by atoms with Crippen molar-refractivity contribution in [2.24, 2.45) is 0 Å². The third kappa shape index (κ3) is 4.44. The molecule has 1 heterocycles. The number of Topliss-reactive ketones (excluding diaryl/α,β-unsaturated/α-hetero) is 1. The van der Waals surface area contributed by atoms with Crippen molar-refractivity contribution in [1.29, 1.82) is 0 Å². The van der Waals surface area contributed by atoms with Crippen molar-refractivity contribution in [3.8, 4) is 5.75 Å². The van der Waals surface area contributed by atoms with Crippen LogP contribution in [-0.4, -0.2) is 25.5 Å². The van der Waals surface area contributed by atoms with Crippen LogP contribution in [0.2, 0.25) is 4.34 Å². The van der Waals surface area contributed by atoms with Gasteiger partial charge in [-0.1, -0.05) is 29.8 Å². The molecule has 2 rings (SSSR count). The number of hydrogen-bond acceptors (Lipinski definition) is 5. The largest absolute Gasteiger partial charge is 0.496 e. The van der Waals surface area contributed by atoms with Gasteiger partial charge >= 0.3 is 5.97 Å². The number of methoxy groups -OCH3 is 1. The number of para-hydroxylation sites is 1. The summed E-state index contributed by atoms with van der Waals surface area (Å²) in [7, 11) is 1.55. The van der Waals surface area contributed by atoms with Crippen molar-refractivity contribution in [1.82, 2.24) is 0 Å². The van der Waals surface area contributed by atoms with Gasteiger partial charge in [0.25, 0.3) is 0 Å². The molecule has 4 nitrogen and oxygen atoms in total. The predicted molar refractivity (Wildman–Crippen MR) is 86.6 cm³/mol. The van der Waals surface area contributed by atoms with E-state index >= 15 is 0 Å². The lowest BCUT2D eigenvalue weighted by Gasteiger charge is -2.03. The van der Waals surface area contributed by atoms with Gasteiger partial charge in [0, 0.05) is 11.6 Å². The Morgan fingerprint density at radius 2 is 2.00 bits per heavy atom. The Morgan fingerprint density at radius 1 is 1.23 bits per heavy atom. The van der Waals surface area contributed by atoms with Crippen LogP contribution in [0.15, 0.2) is 42.5 Å². The molecule has 0 spiro atoms. The second-order valence-corrected chi connectivity index (χ2v) is 5.93. The second kappa shape index (κ2) is 7.77. The predicted octanol–water partition coefficient (Wildman–Crippen LogP) is 3.85. The molecular weight excluding hydrogens is 324 g/mol. The fraction of sp³-hybridized carbons (Fsp3) is 0.125. The average molecular weight is 337 g/mol. The number of carbonyl (C=O) groups excluding carboxylic acids is 2. The highest BCUT2D eigenvalue weighted by Gasteiger charge is 2.11. The molecule has 1 aromatic heterocycles. The Bertz CT molecular complexity index is 706. The molecule has 1 aromatic carbocycles. The van der Waals surface area contributed by atoms with E-state index in [1.165, 1.54) is 6.08 Å². The minimum Gasteiger partial charge on any atom is -0.496 e. The van der Waals surface area contributed by atoms with E-state index in [0.29, 0.717) is 15.0 Å². The minimum absolute atomic E-state index is 0.282. The van der Waals surface area contributed by atoms with Gasteiger partial charge in [-0.15, -0.1) is 11.3 Å². The smallest absolute Gasteiger partial charge is 0.331 e. The minimum atomic E-state index is -0.595. The van der Waals surface area contributed by atoms with Crippen molar-refractivity contribution >= 4 is 40.8 Å². The molecule has 22 heavy (non-hydrogen) atoms. The zero-order valence-corrected chi connectivity index (χ0v) is 13.3. The lowest BCUT2D eigenvalue weighted by atomic mass is 10.2. The number of ether oxygens (including phenoxy) is 2. The molecule has 0 aliphatic carbocycles. The van der Waals surface area contributed by atoms with Crippen LogP contribution in [0.25, 0.3) is 6.08 Å². The molecule has 0 saturated heterocycles. The second-order valence-electron chi connectivity index (χ2n) is 4.21. The first-order valence-corrected chi connectivity index (χ1v) is 7.56. The third-order valence-electron chi connectivity index (χ3n) is 2.73. The summed E-state index contributed by atoms with van der Waals surface area (Å²) in [6, 6.07) is 10.5. The lowest BCUT2D eigenvalue weighted by Crippen LogP contribution is -2.11. The maximum Gasteiger partial charge on any atom is 0.331 e. The monoisotopic (exact) mass is 336 g/mol. The van der Waals surface area contributed by atoms with Crippen molar-refractivity contribution in [2.45, 2.75) is 0 Å². The highest BCUT2D eigenvalue weighted by Crippen LogP contribution is 2.22. The topological polar surface area (TPSA) is 52.6 Å². The Labute approximate surface area is 136 Å². The molecule has 2 aromatic rings. The van der Waals surface area contributed by atoms with Crippen molar-refractivity contribution in [3.05, 3.63) is 57.3 Å². The van der Waals surface area contributed by atoms with Crippen molar-refractivity contribution < 1.29 is 19.1 Å². The van der Waals surface area contributed by atoms with Gasteiger partial charge in [-0.25, -0.2) is 4.79 Å². The first-order chi connectivity index (χ1) is 10.6. The quantitative estimate of drug-likeness (QED) is 0.457. The number of hydrogen-bond donors (Lipinski definition) is 0. The van der Waals surface area contributed by atoms with Crippen LogP contribution in [-0.2, 0) is 9.53 Å². The van der Waals surface area contributed by atoms with Crippen LogP contribution in [0.3, 0.4) is 0 Å². The zero-order chi connectivity index (χ0) is 15.9. The van der Waals surface area contributed by atoms with E-state index in [-0.39, 0.29) is 12.4 Å². The Morgan fingerprint density at radius 3 is 2.68 bits per heavy atom. The van der Waals surface area contributed by atoms with E-state index in [2.05, 4.69) is 0 Å². The maximum atomic E-state index is 11.8. The van der Waals surface area contributed by atoms with Gasteiger partial charge in [-0.05, 0) is 24.3 Å². The molecule has 0 aliphatic heterocycles. The van der Waals surface area contributed by atoms with Gasteiger partial charge in [-0.3, -0.25) is 4.79 Å².